The predicted molar refractivity (Wildman–Crippen MR) is 43.4 cm³/mol. The quantitative estimate of drug-likeness (QED) is 0.665. The number of phenolic OH excluding ortho intramolecular Hbond substituents is 1. The first-order valence-corrected chi connectivity index (χ1v) is 3.99. The van der Waals surface area contributed by atoms with Gasteiger partial charge in [0.1, 0.15) is 0 Å². The highest BCUT2D eigenvalue weighted by Gasteiger charge is 2.18. The van der Waals surface area contributed by atoms with Crippen molar-refractivity contribution in [3.8, 4) is 5.75 Å². The van der Waals surface area contributed by atoms with Crippen LogP contribution in [0.5, 0.6) is 5.75 Å². The smallest absolute Gasteiger partial charge is 0.164 e. The third-order valence-corrected chi connectivity index (χ3v) is 2.20. The maximum absolute atomic E-state index is 12.6. The number of benzene rings is 1. The Bertz CT molecular complexity index is 297. The molecule has 0 radical (unpaired) electrons. The third-order valence-electron chi connectivity index (χ3n) is 2.20. The summed E-state index contributed by atoms with van der Waals surface area (Å²) in [5.74, 6) is -0.820. The van der Waals surface area contributed by atoms with E-state index in [1.54, 1.807) is 6.07 Å². The molecule has 1 saturated heterocycles. The Balaban J connectivity index is 2.27. The van der Waals surface area contributed by atoms with Crippen molar-refractivity contribution >= 4 is 0 Å². The van der Waals surface area contributed by atoms with Gasteiger partial charge in [0.2, 0.25) is 0 Å². The van der Waals surface area contributed by atoms with E-state index in [9.17, 15) is 4.39 Å². The minimum atomic E-state index is -0.557. The van der Waals surface area contributed by atoms with Crippen molar-refractivity contribution in [2.75, 3.05) is 6.54 Å². The van der Waals surface area contributed by atoms with Crippen molar-refractivity contribution in [1.29, 1.82) is 0 Å². The second-order valence-electron chi connectivity index (χ2n) is 3.01. The zero-order chi connectivity index (χ0) is 8.55. The van der Waals surface area contributed by atoms with Crippen LogP contribution in [-0.4, -0.2) is 11.7 Å². The summed E-state index contributed by atoms with van der Waals surface area (Å²) in [4.78, 5) is 0. The summed E-state index contributed by atoms with van der Waals surface area (Å²) in [7, 11) is 0. The Morgan fingerprint density at radius 2 is 2.25 bits per heavy atom. The zero-order valence-electron chi connectivity index (χ0n) is 6.55. The lowest BCUT2D eigenvalue weighted by Gasteiger charge is -2.27. The fourth-order valence-corrected chi connectivity index (χ4v) is 1.32. The van der Waals surface area contributed by atoms with Crippen LogP contribution >= 0.6 is 0 Å². The molecule has 0 amide bonds. The first-order valence-electron chi connectivity index (χ1n) is 3.99. The maximum atomic E-state index is 12.6. The van der Waals surface area contributed by atoms with Gasteiger partial charge in [0, 0.05) is 6.04 Å². The summed E-state index contributed by atoms with van der Waals surface area (Å²) in [5.41, 5.74) is 0.958. The van der Waals surface area contributed by atoms with E-state index < -0.39 is 5.82 Å². The van der Waals surface area contributed by atoms with Gasteiger partial charge < -0.3 is 10.4 Å². The van der Waals surface area contributed by atoms with Gasteiger partial charge in [-0.3, -0.25) is 0 Å². The molecule has 3 heteroatoms. The summed E-state index contributed by atoms with van der Waals surface area (Å²) in [6, 6.07) is 4.78. The van der Waals surface area contributed by atoms with Crippen molar-refractivity contribution in [1.82, 2.24) is 5.32 Å². The molecule has 1 atom stereocenters. The van der Waals surface area contributed by atoms with E-state index in [1.807, 2.05) is 0 Å². The van der Waals surface area contributed by atoms with Crippen molar-refractivity contribution < 1.29 is 9.50 Å². The van der Waals surface area contributed by atoms with Crippen LogP contribution in [0.1, 0.15) is 18.0 Å². The molecule has 2 nitrogen and oxygen atoms in total. The lowest BCUT2D eigenvalue weighted by Crippen LogP contribution is -2.34. The lowest BCUT2D eigenvalue weighted by atomic mass is 9.98. The van der Waals surface area contributed by atoms with Crippen LogP contribution in [0.4, 0.5) is 4.39 Å². The van der Waals surface area contributed by atoms with E-state index in [-0.39, 0.29) is 5.75 Å². The van der Waals surface area contributed by atoms with Crippen LogP contribution in [0.2, 0.25) is 0 Å². The molecule has 12 heavy (non-hydrogen) atoms. The van der Waals surface area contributed by atoms with Crippen LogP contribution in [0, 0.1) is 5.82 Å². The second-order valence-corrected chi connectivity index (χ2v) is 3.01. The normalized spacial score (nSPS) is 21.9. The van der Waals surface area contributed by atoms with Crippen LogP contribution < -0.4 is 5.32 Å². The van der Waals surface area contributed by atoms with Gasteiger partial charge in [0.05, 0.1) is 0 Å². The number of halogens is 1. The van der Waals surface area contributed by atoms with Gasteiger partial charge >= 0.3 is 0 Å². The van der Waals surface area contributed by atoms with E-state index in [0.717, 1.165) is 18.5 Å². The van der Waals surface area contributed by atoms with E-state index in [1.165, 1.54) is 12.1 Å². The molecule has 1 aliphatic rings. The topological polar surface area (TPSA) is 32.3 Å². The molecule has 0 aliphatic carbocycles. The average Bonchev–Trinajstić information content (AvgIpc) is 1.93. The molecule has 1 aromatic carbocycles. The standard InChI is InChI=1S/C9H10FNO/c10-7-2-1-6(5-9(7)12)8-3-4-11-8/h1-2,5,8,11-12H,3-4H2. The molecule has 1 aromatic rings. The van der Waals surface area contributed by atoms with E-state index in [0.29, 0.717) is 6.04 Å². The fourth-order valence-electron chi connectivity index (χ4n) is 1.32. The monoisotopic (exact) mass is 167 g/mol. The van der Waals surface area contributed by atoms with Crippen molar-refractivity contribution in [3.63, 3.8) is 0 Å². The summed E-state index contributed by atoms with van der Waals surface area (Å²) in [6.07, 6.45) is 1.06. The highest BCUT2D eigenvalue weighted by molar-refractivity contribution is 5.31. The van der Waals surface area contributed by atoms with Gasteiger partial charge in [-0.25, -0.2) is 4.39 Å². The van der Waals surface area contributed by atoms with Crippen molar-refractivity contribution in [3.05, 3.63) is 29.6 Å². The molecule has 0 saturated carbocycles. The van der Waals surface area contributed by atoms with E-state index >= 15 is 0 Å². The number of phenols is 1. The number of hydrogen-bond donors (Lipinski definition) is 2. The highest BCUT2D eigenvalue weighted by Crippen LogP contribution is 2.26. The second kappa shape index (κ2) is 2.75. The number of rotatable bonds is 1. The molecule has 2 rings (SSSR count). The highest BCUT2D eigenvalue weighted by atomic mass is 19.1. The molecule has 0 bridgehead atoms. The fraction of sp³-hybridized carbons (Fsp3) is 0.333. The van der Waals surface area contributed by atoms with Crippen molar-refractivity contribution in [2.45, 2.75) is 12.5 Å². The minimum absolute atomic E-state index is 0.263. The molecular weight excluding hydrogens is 157 g/mol. The predicted octanol–water partition coefficient (Wildman–Crippen LogP) is 1.57. The first kappa shape index (κ1) is 7.55. The molecule has 1 unspecified atom stereocenters. The minimum Gasteiger partial charge on any atom is -0.505 e. The zero-order valence-corrected chi connectivity index (χ0v) is 6.55. The number of aromatic hydroxyl groups is 1. The Morgan fingerprint density at radius 3 is 2.75 bits per heavy atom. The number of nitrogens with one attached hydrogen (secondary N) is 1. The van der Waals surface area contributed by atoms with Gasteiger partial charge in [-0.2, -0.15) is 0 Å². The van der Waals surface area contributed by atoms with Crippen LogP contribution in [0.25, 0.3) is 0 Å². The molecule has 1 heterocycles. The Labute approximate surface area is 70.0 Å². The van der Waals surface area contributed by atoms with Crippen LogP contribution in [-0.2, 0) is 0 Å². The summed E-state index contributed by atoms with van der Waals surface area (Å²) >= 11 is 0. The largest absolute Gasteiger partial charge is 0.505 e. The van der Waals surface area contributed by atoms with Gasteiger partial charge in [-0.15, -0.1) is 0 Å². The SMILES string of the molecule is Oc1cc(C2CCN2)ccc1F. The molecule has 2 N–H and O–H groups in total. The summed E-state index contributed by atoms with van der Waals surface area (Å²) < 4.78 is 12.6. The molecular formula is C9H10FNO. The Hall–Kier alpha value is -1.09. The van der Waals surface area contributed by atoms with Gasteiger partial charge in [0.25, 0.3) is 0 Å². The van der Waals surface area contributed by atoms with Crippen LogP contribution in [0.3, 0.4) is 0 Å². The molecule has 0 spiro atoms. The lowest BCUT2D eigenvalue weighted by molar-refractivity contribution is 0.378. The van der Waals surface area contributed by atoms with Crippen molar-refractivity contribution in [2.24, 2.45) is 0 Å². The molecule has 1 aliphatic heterocycles. The van der Waals surface area contributed by atoms with Gasteiger partial charge in [-0.05, 0) is 30.7 Å². The van der Waals surface area contributed by atoms with E-state index in [4.69, 9.17) is 5.11 Å². The molecule has 64 valence electrons. The molecule has 1 fully saturated rings. The van der Waals surface area contributed by atoms with E-state index in [2.05, 4.69) is 5.32 Å². The summed E-state index contributed by atoms with van der Waals surface area (Å²) in [6.45, 7) is 1.00. The third kappa shape index (κ3) is 1.16. The number of hydrogen-bond acceptors (Lipinski definition) is 2. The van der Waals surface area contributed by atoms with Gasteiger partial charge in [-0.1, -0.05) is 6.07 Å². The molecule has 0 aromatic heterocycles. The van der Waals surface area contributed by atoms with Crippen LogP contribution in [0.15, 0.2) is 18.2 Å². The average molecular weight is 167 g/mol. The Morgan fingerprint density at radius 1 is 1.50 bits per heavy atom. The maximum Gasteiger partial charge on any atom is 0.164 e. The van der Waals surface area contributed by atoms with Gasteiger partial charge in [0.15, 0.2) is 11.6 Å². The summed E-state index contributed by atoms with van der Waals surface area (Å²) in [5, 5.41) is 12.2. The Kier molecular flexibility index (Phi) is 1.73. The first-order chi connectivity index (χ1) is 5.77.